The lowest BCUT2D eigenvalue weighted by Crippen LogP contribution is -2.15. The van der Waals surface area contributed by atoms with Crippen LogP contribution in [0.3, 0.4) is 0 Å². The Morgan fingerprint density at radius 2 is 2.07 bits per heavy atom. The molecule has 7 nitrogen and oxygen atoms in total. The molecule has 0 spiro atoms. The number of thioether (sulfide) groups is 1. The third kappa shape index (κ3) is 5.07. The van der Waals surface area contributed by atoms with Crippen molar-refractivity contribution in [3.8, 4) is 5.75 Å². The topological polar surface area (TPSA) is 81.9 Å². The molecule has 2 heterocycles. The van der Waals surface area contributed by atoms with Gasteiger partial charge in [-0.15, -0.1) is 10.2 Å². The van der Waals surface area contributed by atoms with Gasteiger partial charge in [-0.1, -0.05) is 35.5 Å². The summed E-state index contributed by atoms with van der Waals surface area (Å²) in [5.74, 6) is 1.48. The SMILES string of the molecule is Cc1cccc(OC(C)c2nnc(SCC(=O)Nc3cccnc3Cl)n2C)c1C. The van der Waals surface area contributed by atoms with Crippen LogP contribution in [0, 0.1) is 13.8 Å². The molecular weight excluding hydrogens is 410 g/mol. The first-order valence-corrected chi connectivity index (χ1v) is 10.4. The molecule has 0 radical (unpaired) electrons. The van der Waals surface area contributed by atoms with E-state index in [9.17, 15) is 4.79 Å². The number of rotatable bonds is 7. The first kappa shape index (κ1) is 21.1. The maximum absolute atomic E-state index is 12.2. The van der Waals surface area contributed by atoms with E-state index >= 15 is 0 Å². The molecule has 3 aromatic rings. The van der Waals surface area contributed by atoms with Gasteiger partial charge in [0.25, 0.3) is 0 Å². The van der Waals surface area contributed by atoms with Crippen molar-refractivity contribution in [1.29, 1.82) is 0 Å². The van der Waals surface area contributed by atoms with E-state index in [0.717, 1.165) is 11.3 Å². The molecule has 1 atom stereocenters. The molecule has 1 aromatic carbocycles. The molecule has 0 saturated carbocycles. The lowest BCUT2D eigenvalue weighted by atomic mass is 10.1. The van der Waals surface area contributed by atoms with Gasteiger partial charge in [0.2, 0.25) is 5.91 Å². The van der Waals surface area contributed by atoms with Gasteiger partial charge in [0, 0.05) is 13.2 Å². The quantitative estimate of drug-likeness (QED) is 0.442. The van der Waals surface area contributed by atoms with Crippen molar-refractivity contribution in [1.82, 2.24) is 19.7 Å². The predicted octanol–water partition coefficient (Wildman–Crippen LogP) is 4.35. The number of amides is 1. The minimum atomic E-state index is -0.287. The average molecular weight is 432 g/mol. The summed E-state index contributed by atoms with van der Waals surface area (Å²) < 4.78 is 7.93. The maximum Gasteiger partial charge on any atom is 0.234 e. The van der Waals surface area contributed by atoms with Crippen LogP contribution in [0.15, 0.2) is 41.7 Å². The van der Waals surface area contributed by atoms with Crippen LogP contribution in [0.25, 0.3) is 0 Å². The number of carbonyl (C=O) groups is 1. The number of ether oxygens (including phenoxy) is 1. The van der Waals surface area contributed by atoms with Crippen molar-refractivity contribution in [2.24, 2.45) is 7.05 Å². The Morgan fingerprint density at radius 3 is 2.83 bits per heavy atom. The molecule has 29 heavy (non-hydrogen) atoms. The zero-order valence-corrected chi connectivity index (χ0v) is 18.2. The molecule has 1 N–H and O–H groups in total. The number of anilines is 1. The van der Waals surface area contributed by atoms with Gasteiger partial charge < -0.3 is 14.6 Å². The molecule has 3 rings (SSSR count). The van der Waals surface area contributed by atoms with E-state index in [1.165, 1.54) is 17.3 Å². The van der Waals surface area contributed by atoms with Crippen LogP contribution in [0.5, 0.6) is 5.75 Å². The van der Waals surface area contributed by atoms with E-state index in [4.69, 9.17) is 16.3 Å². The van der Waals surface area contributed by atoms with E-state index in [2.05, 4.69) is 20.5 Å². The predicted molar refractivity (Wildman–Crippen MR) is 115 cm³/mol. The summed E-state index contributed by atoms with van der Waals surface area (Å²) in [7, 11) is 1.86. The van der Waals surface area contributed by atoms with Crippen molar-refractivity contribution in [3.05, 3.63) is 58.6 Å². The Kier molecular flexibility index (Phi) is 6.76. The molecule has 0 bridgehead atoms. The molecule has 1 amide bonds. The fraction of sp³-hybridized carbons (Fsp3) is 0.300. The summed E-state index contributed by atoms with van der Waals surface area (Å²) in [6, 6.07) is 9.37. The fourth-order valence-electron chi connectivity index (χ4n) is 2.70. The minimum absolute atomic E-state index is 0.170. The standard InChI is InChI=1S/C20H22ClN5O2S/c1-12-7-5-9-16(13(12)2)28-14(3)19-24-25-20(26(19)4)29-11-17(27)23-15-8-6-10-22-18(15)21/h5-10,14H,11H2,1-4H3,(H,23,27). The van der Waals surface area contributed by atoms with Crippen LogP contribution < -0.4 is 10.1 Å². The highest BCUT2D eigenvalue weighted by molar-refractivity contribution is 7.99. The normalized spacial score (nSPS) is 11.9. The molecule has 0 saturated heterocycles. The van der Waals surface area contributed by atoms with Crippen LogP contribution in [-0.2, 0) is 11.8 Å². The fourth-order valence-corrected chi connectivity index (χ4v) is 3.58. The third-order valence-corrected chi connectivity index (χ3v) is 5.78. The average Bonchev–Trinajstić information content (AvgIpc) is 3.06. The lowest BCUT2D eigenvalue weighted by Gasteiger charge is -2.16. The summed E-state index contributed by atoms with van der Waals surface area (Å²) in [6.07, 6.45) is 1.28. The van der Waals surface area contributed by atoms with Crippen LogP contribution in [0.2, 0.25) is 5.15 Å². The molecule has 0 aliphatic carbocycles. The molecule has 0 fully saturated rings. The Labute approximate surface area is 178 Å². The van der Waals surface area contributed by atoms with E-state index in [1.54, 1.807) is 18.3 Å². The van der Waals surface area contributed by atoms with Gasteiger partial charge in [-0.2, -0.15) is 0 Å². The van der Waals surface area contributed by atoms with Gasteiger partial charge in [-0.05, 0) is 50.1 Å². The minimum Gasteiger partial charge on any atom is -0.482 e. The number of aryl methyl sites for hydroxylation is 1. The lowest BCUT2D eigenvalue weighted by molar-refractivity contribution is -0.113. The van der Waals surface area contributed by atoms with Crippen molar-refractivity contribution < 1.29 is 9.53 Å². The Morgan fingerprint density at radius 1 is 1.28 bits per heavy atom. The number of benzene rings is 1. The summed E-state index contributed by atoms with van der Waals surface area (Å²) in [4.78, 5) is 16.1. The third-order valence-electron chi connectivity index (χ3n) is 4.46. The first-order valence-electron chi connectivity index (χ1n) is 9.02. The van der Waals surface area contributed by atoms with E-state index in [-0.39, 0.29) is 22.9 Å². The number of pyridine rings is 1. The molecule has 9 heteroatoms. The largest absolute Gasteiger partial charge is 0.482 e. The number of aromatic nitrogens is 4. The first-order chi connectivity index (χ1) is 13.9. The van der Waals surface area contributed by atoms with Gasteiger partial charge in [0.05, 0.1) is 11.4 Å². The second-order valence-corrected chi connectivity index (χ2v) is 7.84. The van der Waals surface area contributed by atoms with Crippen LogP contribution in [0.1, 0.15) is 30.0 Å². The van der Waals surface area contributed by atoms with Crippen molar-refractivity contribution in [3.63, 3.8) is 0 Å². The Hall–Kier alpha value is -2.58. The van der Waals surface area contributed by atoms with Crippen LogP contribution in [-0.4, -0.2) is 31.4 Å². The van der Waals surface area contributed by atoms with E-state index < -0.39 is 0 Å². The summed E-state index contributed by atoms with van der Waals surface area (Å²) in [5.41, 5.74) is 2.75. The number of hydrogen-bond donors (Lipinski definition) is 1. The Balaban J connectivity index is 1.62. The van der Waals surface area contributed by atoms with E-state index in [1.807, 2.05) is 50.6 Å². The highest BCUT2D eigenvalue weighted by Gasteiger charge is 2.19. The van der Waals surface area contributed by atoms with Gasteiger partial charge in [0.15, 0.2) is 22.2 Å². The number of halogens is 1. The second kappa shape index (κ2) is 9.28. The molecule has 152 valence electrons. The van der Waals surface area contributed by atoms with Gasteiger partial charge >= 0.3 is 0 Å². The van der Waals surface area contributed by atoms with Crippen molar-refractivity contribution in [2.75, 3.05) is 11.1 Å². The molecule has 0 aliphatic rings. The maximum atomic E-state index is 12.2. The summed E-state index contributed by atoms with van der Waals surface area (Å²) in [6.45, 7) is 6.01. The van der Waals surface area contributed by atoms with E-state index in [0.29, 0.717) is 16.7 Å². The van der Waals surface area contributed by atoms with Crippen LogP contribution >= 0.6 is 23.4 Å². The molecule has 2 aromatic heterocycles. The van der Waals surface area contributed by atoms with Gasteiger partial charge in [-0.3, -0.25) is 4.79 Å². The number of carbonyl (C=O) groups excluding carboxylic acids is 1. The Bertz CT molecular complexity index is 1020. The molecular formula is C20H22ClN5O2S. The van der Waals surface area contributed by atoms with Crippen LogP contribution in [0.4, 0.5) is 5.69 Å². The van der Waals surface area contributed by atoms with Gasteiger partial charge in [0.1, 0.15) is 5.75 Å². The van der Waals surface area contributed by atoms with Crippen molar-refractivity contribution in [2.45, 2.75) is 32.0 Å². The molecule has 0 aliphatic heterocycles. The smallest absolute Gasteiger partial charge is 0.234 e. The number of nitrogens with one attached hydrogen (secondary N) is 1. The molecule has 1 unspecified atom stereocenters. The highest BCUT2D eigenvalue weighted by Crippen LogP contribution is 2.27. The summed E-state index contributed by atoms with van der Waals surface area (Å²) in [5, 5.41) is 12.1. The highest BCUT2D eigenvalue weighted by atomic mass is 35.5. The van der Waals surface area contributed by atoms with Crippen molar-refractivity contribution >= 4 is 35.0 Å². The monoisotopic (exact) mass is 431 g/mol. The van der Waals surface area contributed by atoms with Gasteiger partial charge in [-0.25, -0.2) is 4.98 Å². The zero-order chi connectivity index (χ0) is 21.0. The zero-order valence-electron chi connectivity index (χ0n) is 16.6. The summed E-state index contributed by atoms with van der Waals surface area (Å²) >= 11 is 7.25. The number of nitrogens with zero attached hydrogens (tertiary/aromatic N) is 4. The number of hydrogen-bond acceptors (Lipinski definition) is 6. The second-order valence-electron chi connectivity index (χ2n) is 6.54.